The molecule has 2 heterocycles. The zero-order valence-corrected chi connectivity index (χ0v) is 56.0. The maximum atomic E-state index is 15.0. The van der Waals surface area contributed by atoms with E-state index in [1.165, 1.54) is 68.0 Å². The van der Waals surface area contributed by atoms with Crippen LogP contribution in [0.25, 0.3) is 0 Å². The van der Waals surface area contributed by atoms with E-state index in [1.54, 1.807) is 45.9 Å². The van der Waals surface area contributed by atoms with Crippen LogP contribution in [0, 0.1) is 24.7 Å². The predicted octanol–water partition coefficient (Wildman–Crippen LogP) is 4.74. The number of aryl methyl sites for hydroxylation is 2. The molecule has 2 aromatic carbocycles. The van der Waals surface area contributed by atoms with E-state index < -0.39 is 161 Å². The number of alkyl halides is 3. The normalized spacial score (nSPS) is 24.9. The van der Waals surface area contributed by atoms with Crippen LogP contribution >= 0.6 is 11.6 Å². The summed E-state index contributed by atoms with van der Waals surface area (Å²) in [5.74, 6) is -8.19. The van der Waals surface area contributed by atoms with Gasteiger partial charge in [0.2, 0.25) is 65.0 Å². The lowest BCUT2D eigenvalue weighted by Crippen LogP contribution is -2.64. The van der Waals surface area contributed by atoms with Crippen molar-refractivity contribution in [3.8, 4) is 0 Å². The van der Waals surface area contributed by atoms with Gasteiger partial charge in [0.1, 0.15) is 41.8 Å². The van der Waals surface area contributed by atoms with Gasteiger partial charge in [-0.3, -0.25) is 52.7 Å². The van der Waals surface area contributed by atoms with Gasteiger partial charge >= 0.3 is 6.18 Å². The highest BCUT2D eigenvalue weighted by Gasteiger charge is 2.49. The summed E-state index contributed by atoms with van der Waals surface area (Å²) in [5, 5.41) is 10.9. The molecule has 504 valence electrons. The first-order valence-corrected chi connectivity index (χ1v) is 31.9. The second kappa shape index (κ2) is 32.3. The van der Waals surface area contributed by atoms with Gasteiger partial charge in [-0.25, -0.2) is 0 Å². The van der Waals surface area contributed by atoms with Gasteiger partial charge in [-0.05, 0) is 105 Å². The third-order valence-electron chi connectivity index (χ3n) is 18.0. The van der Waals surface area contributed by atoms with Crippen molar-refractivity contribution in [1.29, 1.82) is 0 Å². The molecule has 0 unspecified atom stereocenters. The van der Waals surface area contributed by atoms with Gasteiger partial charge in [-0.1, -0.05) is 103 Å². The van der Waals surface area contributed by atoms with Crippen LogP contribution in [0.3, 0.4) is 0 Å². The maximum absolute atomic E-state index is 15.0. The van der Waals surface area contributed by atoms with Crippen LogP contribution in [-0.4, -0.2) is 216 Å². The van der Waals surface area contributed by atoms with Gasteiger partial charge in [0.25, 0.3) is 0 Å². The zero-order chi connectivity index (χ0) is 68.1. The molecule has 3 aliphatic rings. The molecule has 2 aliphatic heterocycles. The van der Waals surface area contributed by atoms with Crippen molar-refractivity contribution in [3.63, 3.8) is 0 Å². The fourth-order valence-electron chi connectivity index (χ4n) is 12.3. The summed E-state index contributed by atoms with van der Waals surface area (Å²) in [6.07, 6.45) is -2.75. The number of rotatable bonds is 10. The summed E-state index contributed by atoms with van der Waals surface area (Å²) < 4.78 is 41.3. The minimum atomic E-state index is -4.75. The molecular weight excluding hydrogens is 1200 g/mol. The van der Waals surface area contributed by atoms with Crippen LogP contribution in [0.5, 0.6) is 0 Å². The van der Waals surface area contributed by atoms with Crippen LogP contribution in [-0.2, 0) is 71.8 Å². The Bertz CT molecular complexity index is 3000. The molecule has 8 atom stereocenters. The fourth-order valence-corrected chi connectivity index (χ4v) is 12.6. The Morgan fingerprint density at radius 2 is 1.30 bits per heavy atom. The topological polar surface area (TPSA) is 259 Å². The second-order valence-corrected chi connectivity index (χ2v) is 26.4. The van der Waals surface area contributed by atoms with Crippen molar-refractivity contribution in [2.24, 2.45) is 17.8 Å². The smallest absolute Gasteiger partial charge is 0.351 e. The van der Waals surface area contributed by atoms with E-state index in [4.69, 9.17) is 11.6 Å². The molecule has 26 heteroatoms. The van der Waals surface area contributed by atoms with Gasteiger partial charge in [0.05, 0.1) is 30.2 Å². The largest absolute Gasteiger partial charge is 0.417 e. The summed E-state index contributed by atoms with van der Waals surface area (Å²) in [6.45, 7) is 12.6. The van der Waals surface area contributed by atoms with E-state index >= 15 is 4.79 Å². The molecule has 2 saturated heterocycles. The fraction of sp³-hybridized carbons (Fsp3) is 0.646. The quantitative estimate of drug-likeness (QED) is 0.253. The number of amides is 11. The van der Waals surface area contributed by atoms with E-state index in [-0.39, 0.29) is 63.8 Å². The summed E-state index contributed by atoms with van der Waals surface area (Å²) >= 11 is 6.11. The molecule has 0 aromatic heterocycles. The highest BCUT2D eigenvalue weighted by molar-refractivity contribution is 6.31. The Hall–Kier alpha value is -7.31. The summed E-state index contributed by atoms with van der Waals surface area (Å²) in [6, 6.07) is 2.29. The minimum absolute atomic E-state index is 0.0373. The molecule has 22 nitrogen and oxygen atoms in total. The Kier molecular flexibility index (Phi) is 26.4. The van der Waals surface area contributed by atoms with Crippen LogP contribution < -0.4 is 21.3 Å². The lowest BCUT2D eigenvalue weighted by molar-refractivity contribution is -0.149. The highest BCUT2D eigenvalue weighted by Crippen LogP contribution is 2.36. The Morgan fingerprint density at radius 1 is 0.681 bits per heavy atom. The third kappa shape index (κ3) is 19.1. The number of hydrogen-bond donors (Lipinski definition) is 4. The molecule has 4 N–H and O–H groups in total. The highest BCUT2D eigenvalue weighted by atomic mass is 35.5. The Morgan fingerprint density at radius 3 is 1.89 bits per heavy atom. The summed E-state index contributed by atoms with van der Waals surface area (Å²) in [4.78, 5) is 168. The first kappa shape index (κ1) is 74.4. The minimum Gasteiger partial charge on any atom is -0.351 e. The number of fused-ring (bicyclic) bond motifs is 1. The molecule has 5 rings (SSSR count). The summed E-state index contributed by atoms with van der Waals surface area (Å²) in [7, 11) is 8.39. The Labute approximate surface area is 538 Å². The Balaban J connectivity index is 1.56. The van der Waals surface area contributed by atoms with Crippen LogP contribution in [0.4, 0.5) is 13.2 Å². The van der Waals surface area contributed by atoms with Crippen LogP contribution in [0.2, 0.25) is 5.02 Å². The van der Waals surface area contributed by atoms with Crippen molar-refractivity contribution in [2.45, 2.75) is 186 Å². The van der Waals surface area contributed by atoms with Crippen LogP contribution in [0.1, 0.15) is 135 Å². The van der Waals surface area contributed by atoms with Gasteiger partial charge in [-0.2, -0.15) is 13.2 Å². The van der Waals surface area contributed by atoms with Crippen molar-refractivity contribution < 1.29 is 65.9 Å². The number of halogens is 4. The molecule has 1 saturated carbocycles. The first-order valence-electron chi connectivity index (χ1n) is 31.5. The molecular formula is C65H95ClF3N11O11. The second-order valence-electron chi connectivity index (χ2n) is 26.0. The molecule has 0 bridgehead atoms. The third-order valence-corrected chi connectivity index (χ3v) is 18.3. The zero-order valence-electron chi connectivity index (χ0n) is 55.3. The molecule has 3 fully saturated rings. The van der Waals surface area contributed by atoms with Gasteiger partial charge in [0.15, 0.2) is 0 Å². The van der Waals surface area contributed by atoms with E-state index in [0.717, 1.165) is 32.4 Å². The lowest BCUT2D eigenvalue weighted by Gasteiger charge is -2.39. The van der Waals surface area contributed by atoms with Crippen molar-refractivity contribution in [3.05, 3.63) is 69.7 Å². The average Bonchev–Trinajstić information content (AvgIpc) is 1.78. The molecule has 2 aromatic rings. The number of benzene rings is 2. The number of hydrogen-bond acceptors (Lipinski definition) is 11. The number of likely N-dealkylation sites (N-methyl/N-ethyl adjacent to an activating group) is 6. The van der Waals surface area contributed by atoms with E-state index in [0.29, 0.717) is 36.8 Å². The van der Waals surface area contributed by atoms with Gasteiger partial charge < -0.3 is 55.6 Å². The van der Waals surface area contributed by atoms with Crippen molar-refractivity contribution in [1.82, 2.24) is 55.6 Å². The van der Waals surface area contributed by atoms with Gasteiger partial charge in [-0.15, -0.1) is 0 Å². The van der Waals surface area contributed by atoms with Crippen LogP contribution in [0.15, 0.2) is 42.5 Å². The maximum Gasteiger partial charge on any atom is 0.417 e. The number of nitrogens with zero attached hydrogens (tertiary/aromatic N) is 7. The summed E-state index contributed by atoms with van der Waals surface area (Å²) in [5.41, 5.74) is -0.814. The van der Waals surface area contributed by atoms with E-state index in [2.05, 4.69) is 21.3 Å². The average molecular weight is 1300 g/mol. The molecule has 91 heavy (non-hydrogen) atoms. The van der Waals surface area contributed by atoms with Crippen molar-refractivity contribution in [2.75, 3.05) is 68.5 Å². The molecule has 11 amide bonds. The van der Waals surface area contributed by atoms with Crippen molar-refractivity contribution >= 4 is 76.6 Å². The SMILES string of the molecule is CC[C@H](C)[C@@H]1NC(=O)[C@H](CC(C)C)N(C)C(=O)C[C@@H](C)NC(=O)[C@H](C(C)C)N(C)C(=O)C2(CCCC2)NC(=O)[C@@H]2CCCN2C(=O)[C@H](CCc2ccc(C(F)(F)F)c(Cl)c2)NC(=O)CN(C)C(=O)[C@H](Cc2ccccc2C)N(C)C(=O)CN(C)C(=O)CN(C)C1=O. The monoisotopic (exact) mass is 1300 g/mol. The standard InChI is InChI=1S/C65H95ClF3N11O11/c1-15-40(6)55-62(90)76(11)36-53(83)74(9)37-54(84)78(13)50(34-44-22-17-16-21-41(44)7)61(89)75(10)35-51(81)71-47(27-25-43-24-26-45(46(66)33-43)65(67,68)69)60(88)80-30-20-23-48(80)58(86)73-64(28-18-19-29-64)63(91)79(14)56(39(4)5)59(87)70-42(8)32-52(82)77(12)49(31-38(2)3)57(85)72-55/h16-17,21-22,24,26,33,38-40,42,47-50,55-56H,15,18-20,23,25,27-32,34-37H2,1-14H3,(H,70,87)(H,71,81)(H,72,85)(H,73,86)/t40-,42+,47-,48-,49-,50-,55-,56-/m0/s1. The number of nitrogens with one attached hydrogen (secondary N) is 4. The predicted molar refractivity (Wildman–Crippen MR) is 336 cm³/mol. The molecule has 1 spiro atoms. The first-order chi connectivity index (χ1) is 42.5. The molecule has 0 radical (unpaired) electrons. The molecule has 1 aliphatic carbocycles. The number of carbonyl (C=O) groups is 11. The van der Waals surface area contributed by atoms with Gasteiger partial charge in [0, 0.05) is 67.7 Å². The lowest BCUT2D eigenvalue weighted by atomic mass is 9.92. The number of carbonyl (C=O) groups excluding carboxylic acids is 11. The van der Waals surface area contributed by atoms with E-state index in [9.17, 15) is 61.1 Å². The van der Waals surface area contributed by atoms with E-state index in [1.807, 2.05) is 33.8 Å².